The molecule has 0 saturated heterocycles. The van der Waals surface area contributed by atoms with Crippen molar-refractivity contribution in [2.75, 3.05) is 5.32 Å². The fraction of sp³-hybridized carbons (Fsp3) is 0.0625. The monoisotopic (exact) mass is 351 g/mol. The molecule has 0 saturated carbocycles. The Hall–Kier alpha value is -3.33. The van der Waals surface area contributed by atoms with Crippen LogP contribution in [0, 0.1) is 0 Å². The van der Waals surface area contributed by atoms with Gasteiger partial charge in [0.1, 0.15) is 17.7 Å². The number of hydrogen-bond donors (Lipinski definition) is 1. The van der Waals surface area contributed by atoms with Gasteiger partial charge in [0, 0.05) is 19.4 Å². The molecule has 9 heteroatoms. The minimum Gasteiger partial charge on any atom is -0.318 e. The first-order valence-corrected chi connectivity index (χ1v) is 8.28. The summed E-state index contributed by atoms with van der Waals surface area (Å²) in [6, 6.07) is 5.69. The van der Waals surface area contributed by atoms with Crippen molar-refractivity contribution < 1.29 is 4.79 Å². The van der Waals surface area contributed by atoms with Crippen LogP contribution in [-0.4, -0.2) is 35.2 Å². The molecule has 0 fully saturated rings. The van der Waals surface area contributed by atoms with Gasteiger partial charge < -0.3 is 5.32 Å². The summed E-state index contributed by atoms with van der Waals surface area (Å²) in [6.07, 6.45) is 8.10. The van der Waals surface area contributed by atoms with Gasteiger partial charge in [-0.15, -0.1) is 11.3 Å². The number of carbonyl (C=O) groups is 1. The second kappa shape index (κ2) is 6.29. The lowest BCUT2D eigenvalue weighted by Crippen LogP contribution is -2.16. The molecule has 0 bridgehead atoms. The van der Waals surface area contributed by atoms with Gasteiger partial charge in [-0.1, -0.05) is 6.07 Å². The third kappa shape index (κ3) is 3.04. The van der Waals surface area contributed by atoms with Crippen LogP contribution in [0.2, 0.25) is 0 Å². The van der Waals surface area contributed by atoms with Crippen LogP contribution in [0.15, 0.2) is 54.7 Å². The van der Waals surface area contributed by atoms with E-state index in [-0.39, 0.29) is 5.91 Å². The van der Waals surface area contributed by atoms with Crippen LogP contribution >= 0.6 is 11.3 Å². The lowest BCUT2D eigenvalue weighted by Gasteiger charge is -2.05. The van der Waals surface area contributed by atoms with E-state index in [0.29, 0.717) is 17.3 Å². The number of rotatable bonds is 4. The van der Waals surface area contributed by atoms with E-state index in [1.54, 1.807) is 64.8 Å². The van der Waals surface area contributed by atoms with Crippen LogP contribution in [0.4, 0.5) is 5.69 Å². The summed E-state index contributed by atoms with van der Waals surface area (Å²) >= 11 is 1.58. The summed E-state index contributed by atoms with van der Waals surface area (Å²) < 4.78 is 3.24. The van der Waals surface area contributed by atoms with Gasteiger partial charge in [0.25, 0.3) is 5.91 Å². The first-order chi connectivity index (χ1) is 12.2. The standard InChI is InChI=1S/C16H13N7OS/c1-22-13(7-12(21-22)14-3-2-6-25-14)15(24)20-11-8-18-16(19-9-11)23-5-4-17-10-23/h2-10H,1H3,(H,20,24). The highest BCUT2D eigenvalue weighted by Gasteiger charge is 2.15. The third-order valence-corrected chi connectivity index (χ3v) is 4.41. The molecule has 0 atom stereocenters. The second-order valence-corrected chi connectivity index (χ2v) is 6.16. The largest absolute Gasteiger partial charge is 0.318 e. The second-order valence-electron chi connectivity index (χ2n) is 5.21. The molecule has 4 heterocycles. The summed E-state index contributed by atoms with van der Waals surface area (Å²) in [5, 5.41) is 9.15. The van der Waals surface area contributed by atoms with E-state index in [0.717, 1.165) is 10.6 Å². The molecule has 1 amide bonds. The van der Waals surface area contributed by atoms with Gasteiger partial charge in [-0.05, 0) is 17.5 Å². The molecule has 0 spiro atoms. The lowest BCUT2D eigenvalue weighted by atomic mass is 10.3. The fourth-order valence-corrected chi connectivity index (χ4v) is 3.00. The van der Waals surface area contributed by atoms with Gasteiger partial charge in [0.15, 0.2) is 0 Å². The van der Waals surface area contributed by atoms with Crippen molar-refractivity contribution in [1.82, 2.24) is 29.3 Å². The van der Waals surface area contributed by atoms with Crippen molar-refractivity contribution in [2.24, 2.45) is 7.05 Å². The summed E-state index contributed by atoms with van der Waals surface area (Å²) in [4.78, 5) is 25.9. The molecular formula is C16H13N7OS. The zero-order chi connectivity index (χ0) is 17.2. The van der Waals surface area contributed by atoms with E-state index >= 15 is 0 Å². The quantitative estimate of drug-likeness (QED) is 0.609. The van der Waals surface area contributed by atoms with E-state index in [4.69, 9.17) is 0 Å². The highest BCUT2D eigenvalue weighted by atomic mass is 32.1. The molecule has 0 unspecified atom stereocenters. The van der Waals surface area contributed by atoms with Crippen LogP contribution in [0.25, 0.3) is 16.5 Å². The number of aryl methyl sites for hydroxylation is 1. The number of thiophene rings is 1. The molecule has 8 nitrogen and oxygen atoms in total. The number of imidazole rings is 1. The van der Waals surface area contributed by atoms with Crippen molar-refractivity contribution in [3.05, 3.63) is 60.4 Å². The molecule has 0 aliphatic rings. The fourth-order valence-electron chi connectivity index (χ4n) is 2.32. The molecule has 0 radical (unpaired) electrons. The van der Waals surface area contributed by atoms with Crippen molar-refractivity contribution in [1.29, 1.82) is 0 Å². The van der Waals surface area contributed by atoms with Gasteiger partial charge >= 0.3 is 0 Å². The molecule has 1 N–H and O–H groups in total. The molecule has 25 heavy (non-hydrogen) atoms. The van der Waals surface area contributed by atoms with Gasteiger partial charge in [-0.2, -0.15) is 5.10 Å². The highest BCUT2D eigenvalue weighted by Crippen LogP contribution is 2.24. The predicted octanol–water partition coefficient (Wildman–Crippen LogP) is 2.38. The summed E-state index contributed by atoms with van der Waals surface area (Å²) in [6.45, 7) is 0. The molecular weight excluding hydrogens is 338 g/mol. The highest BCUT2D eigenvalue weighted by molar-refractivity contribution is 7.13. The summed E-state index contributed by atoms with van der Waals surface area (Å²) in [5.74, 6) is 0.216. The number of carbonyl (C=O) groups excluding carboxylic acids is 1. The number of hydrogen-bond acceptors (Lipinski definition) is 6. The number of aromatic nitrogens is 6. The SMILES string of the molecule is Cn1nc(-c2cccs2)cc1C(=O)Nc1cnc(-n2ccnc2)nc1. The number of amides is 1. The summed E-state index contributed by atoms with van der Waals surface area (Å²) in [5.41, 5.74) is 1.74. The lowest BCUT2D eigenvalue weighted by molar-refractivity contribution is 0.101. The molecule has 0 aliphatic heterocycles. The predicted molar refractivity (Wildman–Crippen MR) is 93.6 cm³/mol. The molecule has 4 aromatic rings. The van der Waals surface area contributed by atoms with Gasteiger partial charge in [-0.25, -0.2) is 15.0 Å². The Labute approximate surface area is 146 Å². The minimum atomic E-state index is -0.267. The van der Waals surface area contributed by atoms with Crippen LogP contribution < -0.4 is 5.32 Å². The van der Waals surface area contributed by atoms with E-state index in [9.17, 15) is 4.79 Å². The topological polar surface area (TPSA) is 90.5 Å². The number of nitrogens with one attached hydrogen (secondary N) is 1. The maximum atomic E-state index is 12.5. The van der Waals surface area contributed by atoms with Crippen molar-refractivity contribution in [2.45, 2.75) is 0 Å². The molecule has 0 aliphatic carbocycles. The van der Waals surface area contributed by atoms with E-state index in [2.05, 4.69) is 25.4 Å². The minimum absolute atomic E-state index is 0.267. The molecule has 4 aromatic heterocycles. The molecule has 124 valence electrons. The Morgan fingerprint density at radius 3 is 2.80 bits per heavy atom. The van der Waals surface area contributed by atoms with Crippen molar-refractivity contribution in [3.63, 3.8) is 0 Å². The van der Waals surface area contributed by atoms with Crippen molar-refractivity contribution in [3.8, 4) is 16.5 Å². The van der Waals surface area contributed by atoms with E-state index in [1.807, 2.05) is 17.5 Å². The Morgan fingerprint density at radius 2 is 2.12 bits per heavy atom. The number of nitrogens with zero attached hydrogens (tertiary/aromatic N) is 6. The van der Waals surface area contributed by atoms with Gasteiger partial charge in [0.2, 0.25) is 5.95 Å². The summed E-state index contributed by atoms with van der Waals surface area (Å²) in [7, 11) is 1.74. The smallest absolute Gasteiger partial charge is 0.274 e. The van der Waals surface area contributed by atoms with E-state index < -0.39 is 0 Å². The Balaban J connectivity index is 1.52. The van der Waals surface area contributed by atoms with E-state index in [1.165, 1.54) is 0 Å². The number of anilines is 1. The third-order valence-electron chi connectivity index (χ3n) is 3.52. The normalized spacial score (nSPS) is 10.8. The average molecular weight is 351 g/mol. The van der Waals surface area contributed by atoms with Crippen LogP contribution in [0.1, 0.15) is 10.5 Å². The molecule has 0 aromatic carbocycles. The Kier molecular flexibility index (Phi) is 3.82. The average Bonchev–Trinajstić information content (AvgIpc) is 3.37. The Bertz CT molecular complexity index is 988. The molecule has 4 rings (SSSR count). The van der Waals surface area contributed by atoms with Crippen LogP contribution in [0.3, 0.4) is 0 Å². The zero-order valence-electron chi connectivity index (χ0n) is 13.2. The zero-order valence-corrected chi connectivity index (χ0v) is 14.0. The Morgan fingerprint density at radius 1 is 1.28 bits per heavy atom. The maximum absolute atomic E-state index is 12.5. The maximum Gasteiger partial charge on any atom is 0.274 e. The van der Waals surface area contributed by atoms with Gasteiger partial charge in [-0.3, -0.25) is 14.0 Å². The van der Waals surface area contributed by atoms with Gasteiger partial charge in [0.05, 0.1) is 23.0 Å². The van der Waals surface area contributed by atoms with Crippen molar-refractivity contribution >= 4 is 22.9 Å². The first-order valence-electron chi connectivity index (χ1n) is 7.40. The van der Waals surface area contributed by atoms with Crippen LogP contribution in [0.5, 0.6) is 0 Å². The first kappa shape index (κ1) is 15.2. The van der Waals surface area contributed by atoms with Crippen LogP contribution in [-0.2, 0) is 7.05 Å².